The molecule has 3 aromatic rings. The Hall–Kier alpha value is -2.91. The molecule has 1 unspecified atom stereocenters. The summed E-state index contributed by atoms with van der Waals surface area (Å²) in [4.78, 5) is 17.1. The third-order valence-electron chi connectivity index (χ3n) is 6.15. The predicted molar refractivity (Wildman–Crippen MR) is 132 cm³/mol. The molecule has 0 bridgehead atoms. The summed E-state index contributed by atoms with van der Waals surface area (Å²) in [6, 6.07) is 18.0. The minimum atomic E-state index is -2.43. The number of anilines is 1. The number of pyridine rings is 1. The second-order valence-corrected chi connectivity index (χ2v) is 10.8. The van der Waals surface area contributed by atoms with Crippen molar-refractivity contribution in [2.75, 3.05) is 23.8 Å². The van der Waals surface area contributed by atoms with Gasteiger partial charge in [-0.05, 0) is 53.6 Å². The van der Waals surface area contributed by atoms with E-state index in [1.807, 2.05) is 48.5 Å². The van der Waals surface area contributed by atoms with Crippen LogP contribution in [0.2, 0.25) is 0 Å². The number of aromatic nitrogens is 1. The van der Waals surface area contributed by atoms with Gasteiger partial charge in [0.1, 0.15) is 5.82 Å². The summed E-state index contributed by atoms with van der Waals surface area (Å²) >= 11 is 0. The first kappa shape index (κ1) is 23.3. The number of hydrogen-bond acceptors (Lipinski definition) is 6. The number of carbonyl (C=O) groups excluding carboxylic acids is 1. The molecule has 1 saturated heterocycles. The van der Waals surface area contributed by atoms with E-state index < -0.39 is 16.6 Å². The van der Waals surface area contributed by atoms with Gasteiger partial charge in [-0.3, -0.25) is 13.9 Å². The first-order valence-electron chi connectivity index (χ1n) is 10.9. The maximum absolute atomic E-state index is 12.7. The molecule has 1 fully saturated rings. The Morgan fingerprint density at radius 3 is 2.39 bits per heavy atom. The van der Waals surface area contributed by atoms with Gasteiger partial charge in [-0.2, -0.15) is 10.6 Å². The number of nitrogens with two attached hydrogens (primary N) is 1. The van der Waals surface area contributed by atoms with E-state index in [-0.39, 0.29) is 18.4 Å². The summed E-state index contributed by atoms with van der Waals surface area (Å²) < 4.78 is 19.8. The number of nitrogen functional groups attached to an aromatic ring is 1. The van der Waals surface area contributed by atoms with E-state index in [2.05, 4.69) is 10.3 Å². The smallest absolute Gasteiger partial charge is 0.251 e. The Balaban J connectivity index is 1.49. The fraction of sp³-hybridized carbons (Fsp3) is 0.280. The van der Waals surface area contributed by atoms with Crippen LogP contribution in [0.4, 0.5) is 5.82 Å². The molecule has 1 aliphatic heterocycles. The summed E-state index contributed by atoms with van der Waals surface area (Å²) in [7, 11) is -2.43. The molecule has 1 amide bonds. The van der Waals surface area contributed by atoms with Crippen molar-refractivity contribution >= 4 is 22.3 Å². The molecular weight excluding hydrogens is 438 g/mol. The summed E-state index contributed by atoms with van der Waals surface area (Å²) in [6.45, 7) is -0.195. The number of nitrogens with one attached hydrogen (secondary N) is 1. The van der Waals surface area contributed by atoms with Crippen LogP contribution in [0.1, 0.15) is 46.3 Å². The SMILES string of the molecule is Nc1ncc(C2CCS(O)(O)CC2)cc1-c1ccc(C(=O)NC(CO)c2ccccc2)cc1. The maximum atomic E-state index is 12.7. The number of hydrogen-bond donors (Lipinski definition) is 5. The van der Waals surface area contributed by atoms with Crippen molar-refractivity contribution in [3.8, 4) is 11.1 Å². The Labute approximate surface area is 195 Å². The Morgan fingerprint density at radius 2 is 1.76 bits per heavy atom. The monoisotopic (exact) mass is 467 g/mol. The van der Waals surface area contributed by atoms with Crippen molar-refractivity contribution in [1.82, 2.24) is 10.3 Å². The normalized spacial score (nSPS) is 17.8. The lowest BCUT2D eigenvalue weighted by molar-refractivity contribution is 0.0916. The zero-order valence-corrected chi connectivity index (χ0v) is 19.0. The van der Waals surface area contributed by atoms with Crippen molar-refractivity contribution in [2.24, 2.45) is 0 Å². The minimum absolute atomic E-state index is 0.195. The van der Waals surface area contributed by atoms with Gasteiger partial charge < -0.3 is 16.2 Å². The summed E-state index contributed by atoms with van der Waals surface area (Å²) in [5.41, 5.74) is 10.1. The second-order valence-electron chi connectivity index (χ2n) is 8.38. The molecule has 0 aliphatic carbocycles. The van der Waals surface area contributed by atoms with Crippen LogP contribution < -0.4 is 11.1 Å². The van der Waals surface area contributed by atoms with E-state index >= 15 is 0 Å². The van der Waals surface area contributed by atoms with Crippen LogP contribution >= 0.6 is 10.6 Å². The van der Waals surface area contributed by atoms with E-state index in [9.17, 15) is 19.0 Å². The standard InChI is InChI=1S/C25H29N3O4S/c26-24-22(14-21(15-27-24)17-10-12-33(31,32)13-11-17)18-6-8-20(9-7-18)25(30)28-23(16-29)19-4-2-1-3-5-19/h1-9,14-15,17,23,29,31-32H,10-13,16H2,(H2,26,27)(H,28,30). The quantitative estimate of drug-likeness (QED) is 0.365. The number of aliphatic hydroxyl groups is 1. The molecule has 4 rings (SSSR count). The molecule has 2 aromatic carbocycles. The number of aliphatic hydroxyl groups excluding tert-OH is 1. The highest BCUT2D eigenvalue weighted by Gasteiger charge is 2.26. The molecule has 8 heteroatoms. The third-order valence-corrected chi connectivity index (χ3v) is 7.92. The van der Waals surface area contributed by atoms with Crippen LogP contribution in [0.5, 0.6) is 0 Å². The Bertz CT molecular complexity index is 1100. The lowest BCUT2D eigenvalue weighted by atomic mass is 9.92. The molecule has 0 radical (unpaired) electrons. The van der Waals surface area contributed by atoms with E-state index in [1.165, 1.54) is 0 Å². The van der Waals surface area contributed by atoms with E-state index in [1.54, 1.807) is 18.3 Å². The molecule has 174 valence electrons. The van der Waals surface area contributed by atoms with Crippen molar-refractivity contribution in [1.29, 1.82) is 0 Å². The van der Waals surface area contributed by atoms with E-state index in [0.29, 0.717) is 35.7 Å². The lowest BCUT2D eigenvalue weighted by Gasteiger charge is -2.39. The Morgan fingerprint density at radius 1 is 1.09 bits per heavy atom. The zero-order chi connectivity index (χ0) is 23.4. The van der Waals surface area contributed by atoms with Crippen molar-refractivity contribution in [2.45, 2.75) is 24.8 Å². The largest absolute Gasteiger partial charge is 0.394 e. The minimum Gasteiger partial charge on any atom is -0.394 e. The maximum Gasteiger partial charge on any atom is 0.251 e. The molecule has 6 N–H and O–H groups in total. The summed E-state index contributed by atoms with van der Waals surface area (Å²) in [6.07, 6.45) is 3.18. The van der Waals surface area contributed by atoms with Gasteiger partial charge in [0.2, 0.25) is 0 Å². The van der Waals surface area contributed by atoms with Gasteiger partial charge in [0.05, 0.1) is 12.6 Å². The van der Waals surface area contributed by atoms with Gasteiger partial charge in [0, 0.05) is 28.8 Å². The van der Waals surface area contributed by atoms with Gasteiger partial charge in [-0.25, -0.2) is 4.98 Å². The third kappa shape index (κ3) is 5.54. The van der Waals surface area contributed by atoms with Crippen molar-refractivity contribution in [3.05, 3.63) is 83.6 Å². The number of amides is 1. The molecule has 7 nitrogen and oxygen atoms in total. The van der Waals surface area contributed by atoms with Gasteiger partial charge in [-0.1, -0.05) is 42.5 Å². The predicted octanol–water partition coefficient (Wildman–Crippen LogP) is 4.42. The van der Waals surface area contributed by atoms with Crippen LogP contribution in [0.15, 0.2) is 66.9 Å². The van der Waals surface area contributed by atoms with Crippen LogP contribution in [0.3, 0.4) is 0 Å². The highest BCUT2D eigenvalue weighted by Crippen LogP contribution is 2.48. The summed E-state index contributed by atoms with van der Waals surface area (Å²) in [5.74, 6) is 1.18. The number of rotatable bonds is 6. The first-order valence-corrected chi connectivity index (χ1v) is 12.8. The van der Waals surface area contributed by atoms with Gasteiger partial charge in [0.15, 0.2) is 0 Å². The Kier molecular flexibility index (Phi) is 6.99. The molecule has 1 atom stereocenters. The topological polar surface area (TPSA) is 129 Å². The average molecular weight is 468 g/mol. The van der Waals surface area contributed by atoms with E-state index in [4.69, 9.17) is 5.73 Å². The molecule has 1 aliphatic rings. The van der Waals surface area contributed by atoms with Crippen molar-refractivity contribution < 1.29 is 19.0 Å². The fourth-order valence-electron chi connectivity index (χ4n) is 4.15. The van der Waals surface area contributed by atoms with Crippen LogP contribution in [0.25, 0.3) is 11.1 Å². The van der Waals surface area contributed by atoms with Crippen LogP contribution in [-0.2, 0) is 0 Å². The van der Waals surface area contributed by atoms with Gasteiger partial charge in [-0.15, -0.1) is 0 Å². The average Bonchev–Trinajstić information content (AvgIpc) is 2.83. The molecular formula is C25H29N3O4S. The molecule has 0 spiro atoms. The highest BCUT2D eigenvalue weighted by atomic mass is 32.3. The van der Waals surface area contributed by atoms with Crippen LogP contribution in [-0.4, -0.2) is 43.2 Å². The number of benzene rings is 2. The molecule has 1 aromatic heterocycles. The van der Waals surface area contributed by atoms with Gasteiger partial charge in [0.25, 0.3) is 5.91 Å². The van der Waals surface area contributed by atoms with Crippen LogP contribution in [0, 0.1) is 0 Å². The molecule has 0 saturated carbocycles. The number of nitrogens with zero attached hydrogens (tertiary/aromatic N) is 1. The molecule has 2 heterocycles. The van der Waals surface area contributed by atoms with Gasteiger partial charge >= 0.3 is 0 Å². The summed E-state index contributed by atoms with van der Waals surface area (Å²) in [5, 5.41) is 12.6. The lowest BCUT2D eigenvalue weighted by Crippen LogP contribution is -2.30. The zero-order valence-electron chi connectivity index (χ0n) is 18.2. The second kappa shape index (κ2) is 9.93. The van der Waals surface area contributed by atoms with Crippen molar-refractivity contribution in [3.63, 3.8) is 0 Å². The highest BCUT2D eigenvalue weighted by molar-refractivity contribution is 8.24. The molecule has 33 heavy (non-hydrogen) atoms. The van der Waals surface area contributed by atoms with E-state index in [0.717, 1.165) is 22.3 Å². The number of carbonyl (C=O) groups is 1. The fourth-order valence-corrected chi connectivity index (χ4v) is 5.68. The first-order chi connectivity index (χ1) is 15.9.